The number of fused-ring (bicyclic) bond motifs is 1. The van der Waals surface area contributed by atoms with Crippen LogP contribution >= 0.6 is 15.9 Å². The lowest BCUT2D eigenvalue weighted by molar-refractivity contribution is -0.114. The van der Waals surface area contributed by atoms with Gasteiger partial charge in [0.05, 0.1) is 17.4 Å². The van der Waals surface area contributed by atoms with Gasteiger partial charge in [0, 0.05) is 17.6 Å². The molecule has 33 heavy (non-hydrogen) atoms. The van der Waals surface area contributed by atoms with E-state index in [4.69, 9.17) is 4.74 Å². The first-order chi connectivity index (χ1) is 15.8. The Kier molecular flexibility index (Phi) is 6.93. The van der Waals surface area contributed by atoms with Crippen molar-refractivity contribution < 1.29 is 14.3 Å². The molecule has 172 valence electrons. The van der Waals surface area contributed by atoms with Gasteiger partial charge in [0.2, 0.25) is 0 Å². The maximum absolute atomic E-state index is 12.3. The molecule has 1 aliphatic rings. The topological polar surface area (TPSA) is 77.3 Å². The van der Waals surface area contributed by atoms with Gasteiger partial charge in [0.25, 0.3) is 11.7 Å². The zero-order valence-electron chi connectivity index (χ0n) is 19.0. The predicted molar refractivity (Wildman–Crippen MR) is 130 cm³/mol. The number of Topliss-reactive ketones (excluding diaryl/α,β-unsaturated/α-hetero) is 1. The van der Waals surface area contributed by atoms with Crippen LogP contribution in [0, 0.1) is 6.92 Å². The minimum Gasteiger partial charge on any atom is -0.487 e. The molecule has 2 aromatic carbocycles. The Bertz CT molecular complexity index is 1190. The second-order valence-corrected chi connectivity index (χ2v) is 9.53. The summed E-state index contributed by atoms with van der Waals surface area (Å²) in [4.78, 5) is 26.1. The number of unbranched alkanes of at least 4 members (excludes halogenated alkanes) is 1. The summed E-state index contributed by atoms with van der Waals surface area (Å²) in [6.45, 7) is 7.89. The molecule has 2 heterocycles. The fourth-order valence-corrected chi connectivity index (χ4v) is 4.31. The van der Waals surface area contributed by atoms with E-state index >= 15 is 0 Å². The van der Waals surface area contributed by atoms with Gasteiger partial charge in [-0.25, -0.2) is 0 Å². The van der Waals surface area contributed by atoms with Crippen molar-refractivity contribution in [1.82, 2.24) is 15.0 Å². The Morgan fingerprint density at radius 2 is 1.85 bits per heavy atom. The minimum atomic E-state index is -0.458. The van der Waals surface area contributed by atoms with Crippen molar-refractivity contribution in [2.24, 2.45) is 0 Å². The van der Waals surface area contributed by atoms with Gasteiger partial charge in [-0.15, -0.1) is 5.10 Å². The summed E-state index contributed by atoms with van der Waals surface area (Å²) >= 11 is 3.35. The summed E-state index contributed by atoms with van der Waals surface area (Å²) < 4.78 is 8.62. The molecular weight excluding hydrogens is 484 g/mol. The van der Waals surface area contributed by atoms with E-state index in [0.717, 1.165) is 34.3 Å². The molecule has 0 atom stereocenters. The number of ether oxygens (including phenoxy) is 1. The van der Waals surface area contributed by atoms with Crippen LogP contribution in [0.15, 0.2) is 47.1 Å². The van der Waals surface area contributed by atoms with Crippen molar-refractivity contribution in [1.29, 1.82) is 0 Å². The van der Waals surface area contributed by atoms with E-state index in [9.17, 15) is 9.59 Å². The average molecular weight is 511 g/mol. The van der Waals surface area contributed by atoms with E-state index in [1.54, 1.807) is 15.6 Å². The number of halogens is 1. The molecule has 8 heteroatoms. The van der Waals surface area contributed by atoms with Crippen LogP contribution < -0.4 is 9.64 Å². The van der Waals surface area contributed by atoms with Crippen LogP contribution in [-0.2, 0) is 17.9 Å². The number of aromatic nitrogens is 3. The average Bonchev–Trinajstić information content (AvgIpc) is 3.33. The van der Waals surface area contributed by atoms with Crippen LogP contribution in [0.1, 0.15) is 59.8 Å². The first-order valence-corrected chi connectivity index (χ1v) is 11.9. The van der Waals surface area contributed by atoms with Gasteiger partial charge < -0.3 is 9.64 Å². The van der Waals surface area contributed by atoms with E-state index in [2.05, 4.69) is 65.2 Å². The molecule has 0 saturated heterocycles. The summed E-state index contributed by atoms with van der Waals surface area (Å²) in [6.07, 6.45) is 3.45. The smallest absolute Gasteiger partial charge is 0.299 e. The number of carbonyl (C=O) groups excluding carboxylic acids is 2. The molecule has 1 aromatic heterocycles. The van der Waals surface area contributed by atoms with Crippen LogP contribution in [0.3, 0.4) is 0 Å². The lowest BCUT2D eigenvalue weighted by atomic mass is 10.0. The summed E-state index contributed by atoms with van der Waals surface area (Å²) in [7, 11) is 0. The molecule has 1 aliphatic heterocycles. The van der Waals surface area contributed by atoms with Crippen molar-refractivity contribution in [2.45, 2.75) is 52.7 Å². The number of hydrogen-bond acceptors (Lipinski definition) is 5. The third-order valence-electron chi connectivity index (χ3n) is 5.71. The maximum Gasteiger partial charge on any atom is 0.299 e. The fraction of sp³-hybridized carbons (Fsp3) is 0.360. The SMILES string of the molecule is Cc1ccc(C(C)C)c(OCc2cn(CCCCN3C(=O)C(=O)c4cc(Br)ccc43)nn2)c1. The first kappa shape index (κ1) is 23.2. The van der Waals surface area contributed by atoms with Crippen molar-refractivity contribution in [3.8, 4) is 5.75 Å². The van der Waals surface area contributed by atoms with E-state index < -0.39 is 11.7 Å². The molecule has 0 fully saturated rings. The summed E-state index contributed by atoms with van der Waals surface area (Å²) in [6, 6.07) is 11.6. The van der Waals surface area contributed by atoms with E-state index in [1.807, 2.05) is 18.3 Å². The van der Waals surface area contributed by atoms with Gasteiger partial charge in [-0.3, -0.25) is 14.3 Å². The Morgan fingerprint density at radius 1 is 1.06 bits per heavy atom. The van der Waals surface area contributed by atoms with Crippen molar-refractivity contribution in [2.75, 3.05) is 11.4 Å². The number of aryl methyl sites for hydroxylation is 2. The molecule has 0 bridgehead atoms. The normalized spacial score (nSPS) is 13.2. The van der Waals surface area contributed by atoms with Gasteiger partial charge in [0.1, 0.15) is 18.1 Å². The van der Waals surface area contributed by atoms with E-state index in [-0.39, 0.29) is 0 Å². The lowest BCUT2D eigenvalue weighted by Gasteiger charge is -2.16. The van der Waals surface area contributed by atoms with Crippen molar-refractivity contribution >= 4 is 33.3 Å². The number of rotatable bonds is 9. The number of carbonyl (C=O) groups is 2. The highest BCUT2D eigenvalue weighted by Gasteiger charge is 2.35. The predicted octanol–water partition coefficient (Wildman–Crippen LogP) is 5.06. The van der Waals surface area contributed by atoms with Crippen molar-refractivity contribution in [3.63, 3.8) is 0 Å². The zero-order valence-corrected chi connectivity index (χ0v) is 20.6. The molecule has 0 radical (unpaired) electrons. The second kappa shape index (κ2) is 9.87. The number of benzene rings is 2. The summed E-state index contributed by atoms with van der Waals surface area (Å²) in [5, 5.41) is 8.41. The third kappa shape index (κ3) is 5.16. The highest BCUT2D eigenvalue weighted by molar-refractivity contribution is 9.10. The highest BCUT2D eigenvalue weighted by Crippen LogP contribution is 2.31. The first-order valence-electron chi connectivity index (χ1n) is 11.1. The largest absolute Gasteiger partial charge is 0.487 e. The minimum absolute atomic E-state index is 0.361. The molecule has 0 aliphatic carbocycles. The maximum atomic E-state index is 12.3. The van der Waals surface area contributed by atoms with Gasteiger partial charge in [-0.1, -0.05) is 47.1 Å². The quantitative estimate of drug-likeness (QED) is 0.297. The molecule has 0 saturated carbocycles. The number of ketones is 1. The monoisotopic (exact) mass is 510 g/mol. The number of amides is 1. The Balaban J connectivity index is 1.28. The van der Waals surface area contributed by atoms with Gasteiger partial charge in [0.15, 0.2) is 0 Å². The molecule has 7 nitrogen and oxygen atoms in total. The lowest BCUT2D eigenvalue weighted by Crippen LogP contribution is -2.30. The van der Waals surface area contributed by atoms with E-state index in [0.29, 0.717) is 36.9 Å². The fourth-order valence-electron chi connectivity index (χ4n) is 3.95. The third-order valence-corrected chi connectivity index (χ3v) is 6.20. The Labute approximate surface area is 201 Å². The molecule has 3 aromatic rings. The van der Waals surface area contributed by atoms with Gasteiger partial charge in [-0.2, -0.15) is 0 Å². The van der Waals surface area contributed by atoms with Crippen LogP contribution in [0.5, 0.6) is 5.75 Å². The highest BCUT2D eigenvalue weighted by atomic mass is 79.9. The number of hydrogen-bond donors (Lipinski definition) is 0. The van der Waals surface area contributed by atoms with Gasteiger partial charge >= 0.3 is 0 Å². The molecule has 0 N–H and O–H groups in total. The Hall–Kier alpha value is -3.00. The Morgan fingerprint density at radius 3 is 2.64 bits per heavy atom. The van der Waals surface area contributed by atoms with Crippen LogP contribution in [0.4, 0.5) is 5.69 Å². The van der Waals surface area contributed by atoms with E-state index in [1.165, 1.54) is 5.56 Å². The molecule has 0 spiro atoms. The molecule has 4 rings (SSSR count). The second-order valence-electron chi connectivity index (χ2n) is 8.61. The summed E-state index contributed by atoms with van der Waals surface area (Å²) in [5.41, 5.74) is 4.25. The molecular formula is C25H27BrN4O3. The van der Waals surface area contributed by atoms with Crippen LogP contribution in [0.2, 0.25) is 0 Å². The van der Waals surface area contributed by atoms with Gasteiger partial charge in [-0.05, 0) is 61.1 Å². The summed E-state index contributed by atoms with van der Waals surface area (Å²) in [5.74, 6) is 0.362. The van der Waals surface area contributed by atoms with Crippen LogP contribution in [0.25, 0.3) is 0 Å². The number of anilines is 1. The van der Waals surface area contributed by atoms with Crippen LogP contribution in [-0.4, -0.2) is 33.2 Å². The standard InChI is InChI=1S/C25H27BrN4O3/c1-16(2)20-8-6-17(3)12-23(20)33-15-19-14-29(28-27-19)10-4-5-11-30-22-9-7-18(26)13-21(22)24(31)25(30)32/h6-9,12-14,16H,4-5,10-11,15H2,1-3H3. The molecule has 0 unspecified atom stereocenters. The number of nitrogens with zero attached hydrogens (tertiary/aromatic N) is 4. The zero-order chi connectivity index (χ0) is 23.5. The molecule has 1 amide bonds. The van der Waals surface area contributed by atoms with Crippen molar-refractivity contribution in [3.05, 3.63) is 69.5 Å².